The van der Waals surface area contributed by atoms with E-state index in [4.69, 9.17) is 5.73 Å². The largest absolute Gasteiger partial charge is 0.352 e. The lowest BCUT2D eigenvalue weighted by molar-refractivity contribution is -0.137. The van der Waals surface area contributed by atoms with E-state index < -0.39 is 6.04 Å². The highest BCUT2D eigenvalue weighted by molar-refractivity contribution is 5.87. The van der Waals surface area contributed by atoms with Gasteiger partial charge in [0.25, 0.3) is 0 Å². The van der Waals surface area contributed by atoms with Gasteiger partial charge >= 0.3 is 0 Å². The summed E-state index contributed by atoms with van der Waals surface area (Å²) in [4.78, 5) is 25.2. The molecule has 5 heteroatoms. The van der Waals surface area contributed by atoms with Crippen LogP contribution in [0.3, 0.4) is 0 Å². The Morgan fingerprint density at radius 1 is 1.28 bits per heavy atom. The molecule has 1 unspecified atom stereocenters. The third kappa shape index (κ3) is 6.59. The summed E-state index contributed by atoms with van der Waals surface area (Å²) < 4.78 is 0. The molecule has 0 aliphatic rings. The molecule has 18 heavy (non-hydrogen) atoms. The number of hydrogen-bond acceptors (Lipinski definition) is 3. The summed E-state index contributed by atoms with van der Waals surface area (Å²) in [5, 5.41) is 2.77. The lowest BCUT2D eigenvalue weighted by Crippen LogP contribution is -2.48. The molecule has 0 aliphatic heterocycles. The van der Waals surface area contributed by atoms with Gasteiger partial charge in [0.1, 0.15) is 0 Å². The van der Waals surface area contributed by atoms with Gasteiger partial charge < -0.3 is 16.0 Å². The lowest BCUT2D eigenvalue weighted by Gasteiger charge is -2.24. The van der Waals surface area contributed by atoms with Crippen LogP contribution in [-0.2, 0) is 9.59 Å². The number of likely N-dealkylation sites (N-methyl/N-ethyl adjacent to an activating group) is 1. The van der Waals surface area contributed by atoms with E-state index in [0.717, 1.165) is 12.8 Å². The molecular formula is C13H27N3O2. The minimum atomic E-state index is -0.489. The second-order valence-corrected chi connectivity index (χ2v) is 4.82. The van der Waals surface area contributed by atoms with Gasteiger partial charge in [0.15, 0.2) is 0 Å². The van der Waals surface area contributed by atoms with Crippen molar-refractivity contribution in [1.82, 2.24) is 10.2 Å². The Bertz CT molecular complexity index is 267. The topological polar surface area (TPSA) is 75.4 Å². The zero-order valence-corrected chi connectivity index (χ0v) is 12.0. The Labute approximate surface area is 110 Å². The molecule has 0 aromatic carbocycles. The maximum atomic E-state index is 12.0. The van der Waals surface area contributed by atoms with Gasteiger partial charge in [0, 0.05) is 12.6 Å². The Morgan fingerprint density at radius 3 is 2.33 bits per heavy atom. The highest BCUT2D eigenvalue weighted by Crippen LogP contribution is 2.02. The molecule has 0 aromatic heterocycles. The standard InChI is InChI=1S/C13H27N3O2/c1-5-7-8-11(14)13(18)16(6-2)9-12(17)15-10(3)4/h10-11H,5-9,14H2,1-4H3,(H,15,17). The average Bonchev–Trinajstić information content (AvgIpc) is 2.31. The van der Waals surface area contributed by atoms with Crippen molar-refractivity contribution in [3.05, 3.63) is 0 Å². The van der Waals surface area contributed by atoms with Crippen molar-refractivity contribution in [2.24, 2.45) is 5.73 Å². The van der Waals surface area contributed by atoms with Crippen molar-refractivity contribution in [3.8, 4) is 0 Å². The maximum absolute atomic E-state index is 12.0. The van der Waals surface area contributed by atoms with E-state index in [-0.39, 0.29) is 24.4 Å². The number of hydrogen-bond donors (Lipinski definition) is 2. The summed E-state index contributed by atoms with van der Waals surface area (Å²) in [6.45, 7) is 8.29. The monoisotopic (exact) mass is 257 g/mol. The first-order chi connectivity index (χ1) is 8.42. The normalized spacial score (nSPS) is 12.3. The van der Waals surface area contributed by atoms with Crippen LogP contribution in [0.15, 0.2) is 0 Å². The molecule has 0 aliphatic carbocycles. The smallest absolute Gasteiger partial charge is 0.239 e. The van der Waals surface area contributed by atoms with Crippen LogP contribution < -0.4 is 11.1 Å². The second kappa shape index (κ2) is 8.91. The van der Waals surface area contributed by atoms with Crippen LogP contribution in [-0.4, -0.2) is 41.9 Å². The molecule has 0 rings (SSSR count). The van der Waals surface area contributed by atoms with Gasteiger partial charge in [-0.25, -0.2) is 0 Å². The number of unbranched alkanes of at least 4 members (excludes halogenated alkanes) is 1. The molecule has 0 heterocycles. The zero-order chi connectivity index (χ0) is 14.1. The van der Waals surface area contributed by atoms with Crippen molar-refractivity contribution < 1.29 is 9.59 Å². The van der Waals surface area contributed by atoms with Gasteiger partial charge in [0.2, 0.25) is 11.8 Å². The minimum Gasteiger partial charge on any atom is -0.352 e. The molecule has 106 valence electrons. The first-order valence-corrected chi connectivity index (χ1v) is 6.76. The fraction of sp³-hybridized carbons (Fsp3) is 0.846. The molecular weight excluding hydrogens is 230 g/mol. The van der Waals surface area contributed by atoms with Gasteiger partial charge in [0.05, 0.1) is 12.6 Å². The van der Waals surface area contributed by atoms with Crippen molar-refractivity contribution in [1.29, 1.82) is 0 Å². The molecule has 3 N–H and O–H groups in total. The van der Waals surface area contributed by atoms with Crippen LogP contribution in [0.5, 0.6) is 0 Å². The van der Waals surface area contributed by atoms with Crippen LogP contribution in [0.4, 0.5) is 0 Å². The highest BCUT2D eigenvalue weighted by atomic mass is 16.2. The van der Waals surface area contributed by atoms with Crippen molar-refractivity contribution in [3.63, 3.8) is 0 Å². The van der Waals surface area contributed by atoms with E-state index in [1.165, 1.54) is 4.90 Å². The number of amides is 2. The molecule has 1 atom stereocenters. The molecule has 0 radical (unpaired) electrons. The summed E-state index contributed by atoms with van der Waals surface area (Å²) in [5.41, 5.74) is 5.83. The fourth-order valence-electron chi connectivity index (χ4n) is 1.67. The van der Waals surface area contributed by atoms with E-state index in [0.29, 0.717) is 13.0 Å². The molecule has 5 nitrogen and oxygen atoms in total. The number of nitrogens with zero attached hydrogens (tertiary/aromatic N) is 1. The molecule has 0 fully saturated rings. The van der Waals surface area contributed by atoms with E-state index in [1.54, 1.807) is 0 Å². The third-order valence-corrected chi connectivity index (χ3v) is 2.66. The Hall–Kier alpha value is -1.10. The molecule has 0 aromatic rings. The lowest BCUT2D eigenvalue weighted by atomic mass is 10.1. The van der Waals surface area contributed by atoms with Crippen LogP contribution in [0.1, 0.15) is 47.0 Å². The number of carbonyl (C=O) groups is 2. The Morgan fingerprint density at radius 2 is 1.89 bits per heavy atom. The molecule has 0 spiro atoms. The summed E-state index contributed by atoms with van der Waals surface area (Å²) in [6, 6.07) is -0.406. The fourth-order valence-corrected chi connectivity index (χ4v) is 1.67. The third-order valence-electron chi connectivity index (χ3n) is 2.66. The van der Waals surface area contributed by atoms with E-state index >= 15 is 0 Å². The predicted octanol–water partition coefficient (Wildman–Crippen LogP) is 0.877. The van der Waals surface area contributed by atoms with Crippen LogP contribution >= 0.6 is 0 Å². The van der Waals surface area contributed by atoms with Gasteiger partial charge in [-0.15, -0.1) is 0 Å². The van der Waals surface area contributed by atoms with E-state index in [9.17, 15) is 9.59 Å². The first kappa shape index (κ1) is 16.9. The van der Waals surface area contributed by atoms with Crippen LogP contribution in [0.25, 0.3) is 0 Å². The molecule has 0 bridgehead atoms. The van der Waals surface area contributed by atoms with Crippen molar-refractivity contribution >= 4 is 11.8 Å². The Kier molecular flexibility index (Phi) is 8.37. The number of nitrogens with one attached hydrogen (secondary N) is 1. The summed E-state index contributed by atoms with van der Waals surface area (Å²) >= 11 is 0. The summed E-state index contributed by atoms with van der Waals surface area (Å²) in [7, 11) is 0. The van der Waals surface area contributed by atoms with Gasteiger partial charge in [-0.1, -0.05) is 19.8 Å². The predicted molar refractivity (Wildman–Crippen MR) is 73.0 cm³/mol. The number of rotatable bonds is 8. The zero-order valence-electron chi connectivity index (χ0n) is 12.0. The summed E-state index contributed by atoms with van der Waals surface area (Å²) in [6.07, 6.45) is 2.63. The maximum Gasteiger partial charge on any atom is 0.239 e. The number of carbonyl (C=O) groups excluding carboxylic acids is 2. The minimum absolute atomic E-state index is 0.0834. The van der Waals surface area contributed by atoms with E-state index in [1.807, 2.05) is 20.8 Å². The molecule has 0 saturated carbocycles. The summed E-state index contributed by atoms with van der Waals surface area (Å²) in [5.74, 6) is -0.271. The second-order valence-electron chi connectivity index (χ2n) is 4.82. The average molecular weight is 257 g/mol. The van der Waals surface area contributed by atoms with Gasteiger partial charge in [-0.3, -0.25) is 9.59 Å². The van der Waals surface area contributed by atoms with Gasteiger partial charge in [-0.05, 0) is 27.2 Å². The molecule has 0 saturated heterocycles. The number of nitrogens with two attached hydrogens (primary N) is 1. The van der Waals surface area contributed by atoms with Gasteiger partial charge in [-0.2, -0.15) is 0 Å². The van der Waals surface area contributed by atoms with Crippen LogP contribution in [0, 0.1) is 0 Å². The SMILES string of the molecule is CCCCC(N)C(=O)N(CC)CC(=O)NC(C)C. The van der Waals surface area contributed by atoms with E-state index in [2.05, 4.69) is 12.2 Å². The quantitative estimate of drug-likeness (QED) is 0.677. The Balaban J connectivity index is 4.30. The van der Waals surface area contributed by atoms with Crippen molar-refractivity contribution in [2.45, 2.75) is 59.0 Å². The van der Waals surface area contributed by atoms with Crippen LogP contribution in [0.2, 0.25) is 0 Å². The molecule has 2 amide bonds. The highest BCUT2D eigenvalue weighted by Gasteiger charge is 2.21. The van der Waals surface area contributed by atoms with Crippen molar-refractivity contribution in [2.75, 3.05) is 13.1 Å². The first-order valence-electron chi connectivity index (χ1n) is 6.76.